The highest BCUT2D eigenvalue weighted by atomic mass is 19.1. The van der Waals surface area contributed by atoms with E-state index >= 15 is 0 Å². The average molecular weight is 208 g/mol. The van der Waals surface area contributed by atoms with Gasteiger partial charge in [-0.2, -0.15) is 0 Å². The predicted octanol–water partition coefficient (Wildman–Crippen LogP) is 3.02. The summed E-state index contributed by atoms with van der Waals surface area (Å²) >= 11 is 0. The van der Waals surface area contributed by atoms with Crippen LogP contribution in [0, 0.1) is 18.6 Å². The Labute approximate surface area is 86.4 Å². The molecule has 0 bridgehead atoms. The van der Waals surface area contributed by atoms with Crippen LogP contribution in [0.25, 0.3) is 5.57 Å². The van der Waals surface area contributed by atoms with Gasteiger partial charge in [-0.3, -0.25) is 4.79 Å². The molecule has 1 aromatic rings. The molecule has 0 fully saturated rings. The fraction of sp³-hybridized carbons (Fsp3) is 0.250. The number of carbonyl (C=O) groups is 1. The molecule has 0 atom stereocenters. The van der Waals surface area contributed by atoms with Crippen LogP contribution in [0.4, 0.5) is 8.78 Å². The van der Waals surface area contributed by atoms with Crippen LogP contribution < -0.4 is 0 Å². The molecule has 0 amide bonds. The molecule has 1 aliphatic carbocycles. The highest BCUT2D eigenvalue weighted by Gasteiger charge is 2.17. The van der Waals surface area contributed by atoms with Gasteiger partial charge in [-0.25, -0.2) is 8.78 Å². The van der Waals surface area contributed by atoms with Gasteiger partial charge in [-0.05, 0) is 42.7 Å². The summed E-state index contributed by atoms with van der Waals surface area (Å²) in [5.41, 5.74) is 1.08. The zero-order valence-corrected chi connectivity index (χ0v) is 8.31. The maximum Gasteiger partial charge on any atom is 0.156 e. The Kier molecular flexibility index (Phi) is 2.39. The van der Waals surface area contributed by atoms with Crippen LogP contribution in [-0.4, -0.2) is 5.78 Å². The second kappa shape index (κ2) is 3.57. The van der Waals surface area contributed by atoms with Crippen LogP contribution in [0.2, 0.25) is 0 Å². The topological polar surface area (TPSA) is 17.1 Å². The number of rotatable bonds is 1. The maximum absolute atomic E-state index is 13.5. The Balaban J connectivity index is 2.49. The van der Waals surface area contributed by atoms with E-state index in [1.165, 1.54) is 13.0 Å². The smallest absolute Gasteiger partial charge is 0.156 e. The summed E-state index contributed by atoms with van der Waals surface area (Å²) < 4.78 is 26.7. The third kappa shape index (κ3) is 1.82. The molecule has 3 heteroatoms. The van der Waals surface area contributed by atoms with Crippen molar-refractivity contribution >= 4 is 11.4 Å². The predicted molar refractivity (Wildman–Crippen MR) is 53.3 cm³/mol. The van der Waals surface area contributed by atoms with Crippen LogP contribution in [-0.2, 0) is 4.79 Å². The molecule has 0 saturated carbocycles. The summed E-state index contributed by atoms with van der Waals surface area (Å²) in [4.78, 5) is 11.0. The number of carbonyl (C=O) groups excluding carboxylic acids is 1. The summed E-state index contributed by atoms with van der Waals surface area (Å²) in [5, 5.41) is 0. The maximum atomic E-state index is 13.5. The molecule has 0 spiro atoms. The van der Waals surface area contributed by atoms with Crippen LogP contribution in [0.3, 0.4) is 0 Å². The number of allylic oxidation sites excluding steroid dienone is 2. The molecule has 1 nitrogen and oxygen atoms in total. The lowest BCUT2D eigenvalue weighted by Gasteiger charge is -2.05. The van der Waals surface area contributed by atoms with Gasteiger partial charge in [-0.15, -0.1) is 0 Å². The van der Waals surface area contributed by atoms with Crippen LogP contribution in [0.5, 0.6) is 0 Å². The molecule has 78 valence electrons. The monoisotopic (exact) mass is 208 g/mol. The van der Waals surface area contributed by atoms with Gasteiger partial charge in [0.25, 0.3) is 0 Å². The lowest BCUT2D eigenvalue weighted by atomic mass is 10.0. The Morgan fingerprint density at radius 1 is 1.13 bits per heavy atom. The van der Waals surface area contributed by atoms with Gasteiger partial charge in [0, 0.05) is 12.0 Å². The Hall–Kier alpha value is -1.51. The van der Waals surface area contributed by atoms with Crippen molar-refractivity contribution in [3.63, 3.8) is 0 Å². The minimum absolute atomic E-state index is 0.0228. The molecule has 1 aromatic carbocycles. The molecule has 2 rings (SSSR count). The third-order valence-corrected chi connectivity index (χ3v) is 2.57. The zero-order valence-electron chi connectivity index (χ0n) is 8.31. The lowest BCUT2D eigenvalue weighted by molar-refractivity contribution is -0.114. The van der Waals surface area contributed by atoms with Crippen molar-refractivity contribution in [3.8, 4) is 0 Å². The van der Waals surface area contributed by atoms with Crippen molar-refractivity contribution < 1.29 is 13.6 Å². The number of hydrogen-bond donors (Lipinski definition) is 0. The van der Waals surface area contributed by atoms with Crippen molar-refractivity contribution in [1.82, 2.24) is 0 Å². The Morgan fingerprint density at radius 2 is 1.87 bits per heavy atom. The van der Waals surface area contributed by atoms with Gasteiger partial charge in [0.2, 0.25) is 0 Å². The molecule has 0 saturated heterocycles. The number of benzene rings is 1. The Morgan fingerprint density at radius 3 is 2.47 bits per heavy atom. The van der Waals surface area contributed by atoms with E-state index in [1.54, 1.807) is 0 Å². The first-order chi connectivity index (χ1) is 7.08. The minimum atomic E-state index is -0.463. The van der Waals surface area contributed by atoms with Gasteiger partial charge in [0.1, 0.15) is 11.6 Å². The fourth-order valence-corrected chi connectivity index (χ4v) is 1.70. The summed E-state index contributed by atoms with van der Waals surface area (Å²) in [7, 11) is 0. The molecular weight excluding hydrogens is 198 g/mol. The molecular formula is C12H10F2O. The molecule has 0 aromatic heterocycles. The molecule has 0 heterocycles. The molecule has 0 aliphatic heterocycles. The molecule has 15 heavy (non-hydrogen) atoms. The first-order valence-corrected chi connectivity index (χ1v) is 4.77. The summed E-state index contributed by atoms with van der Waals surface area (Å²) in [5.74, 6) is -0.924. The zero-order chi connectivity index (χ0) is 11.0. The quantitative estimate of drug-likeness (QED) is 0.693. The number of halogens is 2. The van der Waals surface area contributed by atoms with Gasteiger partial charge >= 0.3 is 0 Å². The van der Waals surface area contributed by atoms with Crippen LogP contribution in [0.1, 0.15) is 24.0 Å². The minimum Gasteiger partial charge on any atom is -0.295 e. The van der Waals surface area contributed by atoms with Crippen LogP contribution >= 0.6 is 0 Å². The molecule has 0 N–H and O–H groups in total. The fourth-order valence-electron chi connectivity index (χ4n) is 1.70. The standard InChI is InChI=1S/C12H10F2O/c1-7-4-12(14)10(6-11(7)13)8-2-3-9(15)5-8/h4-6H,2-3H2,1H3. The number of ketones is 1. The lowest BCUT2D eigenvalue weighted by Crippen LogP contribution is -1.92. The van der Waals surface area contributed by atoms with Crippen molar-refractivity contribution in [3.05, 3.63) is 41.0 Å². The number of hydrogen-bond acceptors (Lipinski definition) is 1. The first-order valence-electron chi connectivity index (χ1n) is 4.77. The van der Waals surface area contributed by atoms with Gasteiger partial charge in [-0.1, -0.05) is 0 Å². The second-order valence-electron chi connectivity index (χ2n) is 3.72. The van der Waals surface area contributed by atoms with E-state index in [2.05, 4.69) is 0 Å². The van der Waals surface area contributed by atoms with Gasteiger partial charge < -0.3 is 0 Å². The second-order valence-corrected chi connectivity index (χ2v) is 3.72. The van der Waals surface area contributed by atoms with Crippen molar-refractivity contribution in [2.24, 2.45) is 0 Å². The van der Waals surface area contributed by atoms with E-state index in [9.17, 15) is 13.6 Å². The highest BCUT2D eigenvalue weighted by molar-refractivity contribution is 6.01. The summed E-state index contributed by atoms with van der Waals surface area (Å²) in [6.07, 6.45) is 2.29. The van der Waals surface area contributed by atoms with E-state index in [0.29, 0.717) is 18.4 Å². The van der Waals surface area contributed by atoms with E-state index in [-0.39, 0.29) is 16.9 Å². The first kappa shape index (κ1) is 10.0. The molecule has 0 unspecified atom stereocenters. The summed E-state index contributed by atoms with van der Waals surface area (Å²) in [6, 6.07) is 2.32. The molecule has 1 aliphatic rings. The van der Waals surface area contributed by atoms with E-state index in [1.807, 2.05) is 0 Å². The Bertz CT molecular complexity index is 461. The third-order valence-electron chi connectivity index (χ3n) is 2.57. The van der Waals surface area contributed by atoms with Crippen molar-refractivity contribution in [2.45, 2.75) is 19.8 Å². The average Bonchev–Trinajstić information content (AvgIpc) is 2.58. The van der Waals surface area contributed by atoms with E-state index in [0.717, 1.165) is 12.1 Å². The van der Waals surface area contributed by atoms with E-state index in [4.69, 9.17) is 0 Å². The molecule has 0 radical (unpaired) electrons. The normalized spacial score (nSPS) is 15.7. The van der Waals surface area contributed by atoms with Gasteiger partial charge in [0.15, 0.2) is 5.78 Å². The number of aryl methyl sites for hydroxylation is 1. The summed E-state index contributed by atoms with van der Waals surface area (Å²) in [6.45, 7) is 1.51. The van der Waals surface area contributed by atoms with Crippen molar-refractivity contribution in [1.29, 1.82) is 0 Å². The SMILES string of the molecule is Cc1cc(F)c(C2=CC(=O)CC2)cc1F. The van der Waals surface area contributed by atoms with Crippen molar-refractivity contribution in [2.75, 3.05) is 0 Å². The highest BCUT2D eigenvalue weighted by Crippen LogP contribution is 2.29. The van der Waals surface area contributed by atoms with Crippen LogP contribution in [0.15, 0.2) is 18.2 Å². The van der Waals surface area contributed by atoms with Gasteiger partial charge in [0.05, 0.1) is 0 Å². The van der Waals surface area contributed by atoms with E-state index < -0.39 is 11.6 Å². The largest absolute Gasteiger partial charge is 0.295 e.